The van der Waals surface area contributed by atoms with E-state index in [4.69, 9.17) is 9.40 Å². The van der Waals surface area contributed by atoms with Gasteiger partial charge in [-0.2, -0.15) is 0 Å². The van der Waals surface area contributed by atoms with Crippen molar-refractivity contribution < 1.29 is 4.42 Å². The second-order valence-corrected chi connectivity index (χ2v) is 9.14. The molecular formula is C27H22N2O3S. The molecule has 0 saturated heterocycles. The summed E-state index contributed by atoms with van der Waals surface area (Å²) in [5.74, 6) is 0.473. The molecule has 0 aliphatic heterocycles. The summed E-state index contributed by atoms with van der Waals surface area (Å²) in [5, 5.41) is 2.03. The van der Waals surface area contributed by atoms with Crippen LogP contribution in [0.5, 0.6) is 0 Å². The summed E-state index contributed by atoms with van der Waals surface area (Å²) in [6.07, 6.45) is 0. The van der Waals surface area contributed by atoms with E-state index in [-0.39, 0.29) is 11.2 Å². The lowest BCUT2D eigenvalue weighted by Crippen LogP contribution is -2.22. The Morgan fingerprint density at radius 3 is 2.52 bits per heavy atom. The Balaban J connectivity index is 1.65. The normalized spacial score (nSPS) is 11.4. The molecule has 5 rings (SSSR count). The Bertz CT molecular complexity index is 1650. The van der Waals surface area contributed by atoms with Crippen LogP contribution in [-0.2, 0) is 5.75 Å². The predicted molar refractivity (Wildman–Crippen MR) is 134 cm³/mol. The summed E-state index contributed by atoms with van der Waals surface area (Å²) < 4.78 is 7.06. The van der Waals surface area contributed by atoms with Gasteiger partial charge in [0.15, 0.2) is 5.16 Å². The Morgan fingerprint density at radius 2 is 1.70 bits per heavy atom. The fourth-order valence-electron chi connectivity index (χ4n) is 3.90. The first-order valence-electron chi connectivity index (χ1n) is 10.7. The van der Waals surface area contributed by atoms with Crippen LogP contribution in [0.4, 0.5) is 0 Å². The molecule has 5 aromatic rings. The quantitative estimate of drug-likeness (QED) is 0.198. The van der Waals surface area contributed by atoms with Crippen molar-refractivity contribution >= 4 is 33.6 Å². The van der Waals surface area contributed by atoms with Crippen molar-refractivity contribution in [2.45, 2.75) is 31.7 Å². The highest BCUT2D eigenvalue weighted by atomic mass is 32.2. The van der Waals surface area contributed by atoms with Gasteiger partial charge >= 0.3 is 5.63 Å². The van der Waals surface area contributed by atoms with Crippen LogP contribution in [0.3, 0.4) is 0 Å². The van der Waals surface area contributed by atoms with E-state index in [1.807, 2.05) is 75.4 Å². The molecule has 5 nitrogen and oxygen atoms in total. The lowest BCUT2D eigenvalue weighted by Gasteiger charge is -2.15. The lowest BCUT2D eigenvalue weighted by atomic mass is 10.1. The second-order valence-electron chi connectivity index (χ2n) is 8.20. The average Bonchev–Trinajstić information content (AvgIpc) is 2.79. The van der Waals surface area contributed by atoms with Gasteiger partial charge in [0.2, 0.25) is 0 Å². The number of thioether (sulfide) groups is 1. The van der Waals surface area contributed by atoms with E-state index in [1.54, 1.807) is 10.6 Å². The van der Waals surface area contributed by atoms with Crippen LogP contribution in [0, 0.1) is 20.8 Å². The maximum atomic E-state index is 13.5. The number of para-hydroxylation sites is 1. The van der Waals surface area contributed by atoms with E-state index >= 15 is 0 Å². The molecule has 0 bridgehead atoms. The molecule has 164 valence electrons. The maximum Gasteiger partial charge on any atom is 0.336 e. The van der Waals surface area contributed by atoms with Gasteiger partial charge in [-0.25, -0.2) is 9.78 Å². The molecule has 2 aromatic heterocycles. The highest BCUT2D eigenvalue weighted by Crippen LogP contribution is 2.28. The summed E-state index contributed by atoms with van der Waals surface area (Å²) in [6, 6.07) is 20.7. The number of aryl methyl sites for hydroxylation is 3. The summed E-state index contributed by atoms with van der Waals surface area (Å²) in [7, 11) is 0. The van der Waals surface area contributed by atoms with Crippen LogP contribution in [0.15, 0.2) is 85.9 Å². The van der Waals surface area contributed by atoms with Crippen LogP contribution < -0.4 is 11.2 Å². The molecule has 0 aliphatic rings. The third kappa shape index (κ3) is 3.98. The molecule has 0 aliphatic carbocycles. The number of aromatic nitrogens is 2. The molecule has 0 unspecified atom stereocenters. The molecule has 0 saturated carbocycles. The van der Waals surface area contributed by atoms with Gasteiger partial charge in [0.25, 0.3) is 5.56 Å². The minimum Gasteiger partial charge on any atom is -0.423 e. The first kappa shape index (κ1) is 21.2. The lowest BCUT2D eigenvalue weighted by molar-refractivity contribution is 0.559. The zero-order valence-electron chi connectivity index (χ0n) is 18.6. The van der Waals surface area contributed by atoms with Crippen LogP contribution in [0.1, 0.15) is 22.3 Å². The number of nitrogens with zero attached hydrogens (tertiary/aromatic N) is 2. The largest absolute Gasteiger partial charge is 0.423 e. The van der Waals surface area contributed by atoms with Gasteiger partial charge < -0.3 is 4.42 Å². The van der Waals surface area contributed by atoms with Crippen molar-refractivity contribution in [3.63, 3.8) is 0 Å². The molecule has 2 heterocycles. The topological polar surface area (TPSA) is 65.1 Å². The summed E-state index contributed by atoms with van der Waals surface area (Å²) in [5.41, 5.74) is 5.63. The molecule has 0 atom stereocenters. The monoisotopic (exact) mass is 454 g/mol. The van der Waals surface area contributed by atoms with E-state index in [0.29, 0.717) is 27.4 Å². The van der Waals surface area contributed by atoms with Crippen LogP contribution >= 0.6 is 11.8 Å². The van der Waals surface area contributed by atoms with Crippen molar-refractivity contribution in [3.8, 4) is 5.69 Å². The molecule has 3 aromatic carbocycles. The molecule has 0 radical (unpaired) electrons. The van der Waals surface area contributed by atoms with E-state index < -0.39 is 0 Å². The number of benzene rings is 3. The van der Waals surface area contributed by atoms with Gasteiger partial charge in [0.1, 0.15) is 5.58 Å². The molecule has 0 amide bonds. The molecule has 33 heavy (non-hydrogen) atoms. The van der Waals surface area contributed by atoms with Crippen molar-refractivity contribution in [1.29, 1.82) is 0 Å². The van der Waals surface area contributed by atoms with E-state index in [2.05, 4.69) is 0 Å². The van der Waals surface area contributed by atoms with Crippen molar-refractivity contribution in [3.05, 3.63) is 110 Å². The third-order valence-electron chi connectivity index (χ3n) is 5.84. The molecule has 0 spiro atoms. The van der Waals surface area contributed by atoms with Gasteiger partial charge in [-0.05, 0) is 73.4 Å². The number of hydrogen-bond acceptors (Lipinski definition) is 5. The highest BCUT2D eigenvalue weighted by Gasteiger charge is 2.15. The standard InChI is InChI=1S/C27H22N2O3S/c1-16-8-11-21-19(14-25(30)32-24(21)12-16)15-33-27-28-23-7-5-4-6-22(23)26(31)29(27)20-10-9-17(2)18(3)13-20/h4-14H,15H2,1-3H3. The van der Waals surface area contributed by atoms with Gasteiger partial charge in [-0.3, -0.25) is 9.36 Å². The third-order valence-corrected chi connectivity index (χ3v) is 6.82. The Morgan fingerprint density at radius 1 is 0.879 bits per heavy atom. The fraction of sp³-hybridized carbons (Fsp3) is 0.148. The van der Waals surface area contributed by atoms with Gasteiger partial charge in [0.05, 0.1) is 16.6 Å². The average molecular weight is 455 g/mol. The summed E-state index contributed by atoms with van der Waals surface area (Å²) in [6.45, 7) is 6.04. The Hall–Kier alpha value is -3.64. The van der Waals surface area contributed by atoms with Gasteiger partial charge in [0, 0.05) is 17.2 Å². The van der Waals surface area contributed by atoms with Crippen LogP contribution in [-0.4, -0.2) is 9.55 Å². The molecule has 6 heteroatoms. The maximum absolute atomic E-state index is 13.5. The van der Waals surface area contributed by atoms with Gasteiger partial charge in [-0.15, -0.1) is 0 Å². The van der Waals surface area contributed by atoms with Gasteiger partial charge in [-0.1, -0.05) is 42.1 Å². The first-order chi connectivity index (χ1) is 15.9. The van der Waals surface area contributed by atoms with Crippen molar-refractivity contribution in [2.75, 3.05) is 0 Å². The van der Waals surface area contributed by atoms with E-state index in [1.165, 1.54) is 17.8 Å². The van der Waals surface area contributed by atoms with Crippen LogP contribution in [0.25, 0.3) is 27.6 Å². The second kappa shape index (κ2) is 8.37. The number of rotatable bonds is 4. The summed E-state index contributed by atoms with van der Waals surface area (Å²) in [4.78, 5) is 30.5. The number of fused-ring (bicyclic) bond motifs is 2. The van der Waals surface area contributed by atoms with E-state index in [0.717, 1.165) is 33.3 Å². The SMILES string of the molecule is Cc1ccc2c(CSc3nc4ccccc4c(=O)n3-c3ccc(C)c(C)c3)cc(=O)oc2c1. The Kier molecular flexibility index (Phi) is 5.38. The minimum atomic E-state index is -0.387. The number of hydrogen-bond donors (Lipinski definition) is 0. The zero-order valence-corrected chi connectivity index (χ0v) is 19.4. The highest BCUT2D eigenvalue weighted by molar-refractivity contribution is 7.98. The van der Waals surface area contributed by atoms with Crippen molar-refractivity contribution in [2.24, 2.45) is 0 Å². The zero-order chi connectivity index (χ0) is 23.1. The summed E-state index contributed by atoms with van der Waals surface area (Å²) >= 11 is 1.43. The van der Waals surface area contributed by atoms with Crippen LogP contribution in [0.2, 0.25) is 0 Å². The molecule has 0 fully saturated rings. The fourth-order valence-corrected chi connectivity index (χ4v) is 4.90. The Labute approximate surface area is 194 Å². The first-order valence-corrected chi connectivity index (χ1v) is 11.6. The van der Waals surface area contributed by atoms with Crippen molar-refractivity contribution in [1.82, 2.24) is 9.55 Å². The van der Waals surface area contributed by atoms with E-state index in [9.17, 15) is 9.59 Å². The molecule has 0 N–H and O–H groups in total. The smallest absolute Gasteiger partial charge is 0.336 e. The minimum absolute atomic E-state index is 0.112. The predicted octanol–water partition coefficient (Wildman–Crippen LogP) is 5.71. The molecular weight excluding hydrogens is 432 g/mol.